The summed E-state index contributed by atoms with van der Waals surface area (Å²) in [6.07, 6.45) is 0. The van der Waals surface area contributed by atoms with E-state index in [-0.39, 0.29) is 11.7 Å². The van der Waals surface area contributed by atoms with E-state index in [9.17, 15) is 9.18 Å². The number of aryl methyl sites for hydroxylation is 1. The van der Waals surface area contributed by atoms with Crippen molar-refractivity contribution >= 4 is 34.6 Å². The first-order chi connectivity index (χ1) is 15.9. The van der Waals surface area contributed by atoms with Gasteiger partial charge in [-0.15, -0.1) is 0 Å². The number of para-hydroxylation sites is 2. The van der Waals surface area contributed by atoms with Gasteiger partial charge in [-0.05, 0) is 73.6 Å². The third-order valence-corrected chi connectivity index (χ3v) is 5.85. The molecule has 3 aromatic rings. The summed E-state index contributed by atoms with van der Waals surface area (Å²) in [7, 11) is 1.55. The van der Waals surface area contributed by atoms with Crippen molar-refractivity contribution in [1.29, 1.82) is 0 Å². The van der Waals surface area contributed by atoms with Crippen LogP contribution < -0.4 is 20.3 Å². The summed E-state index contributed by atoms with van der Waals surface area (Å²) < 4.78 is 19.0. The van der Waals surface area contributed by atoms with Crippen LogP contribution in [0.2, 0.25) is 0 Å². The predicted octanol–water partition coefficient (Wildman–Crippen LogP) is 5.49. The monoisotopic (exact) mass is 461 g/mol. The molecule has 1 aliphatic rings. The number of carbonyl (C=O) groups excluding carboxylic acids is 1. The molecule has 0 spiro atoms. The average molecular weight is 462 g/mol. The SMILES string of the molecule is COc1ccccc1NC(=O)C1=C(C)N(c2cccc(C)c2)C(=S)NC1c1ccc(F)cc1. The lowest BCUT2D eigenvalue weighted by Crippen LogP contribution is -2.48. The normalized spacial score (nSPS) is 15.8. The molecule has 4 rings (SSSR count). The molecule has 0 radical (unpaired) electrons. The second kappa shape index (κ2) is 9.42. The molecule has 0 saturated heterocycles. The van der Waals surface area contributed by atoms with Gasteiger partial charge in [0.15, 0.2) is 5.11 Å². The average Bonchev–Trinajstić information content (AvgIpc) is 2.79. The zero-order chi connectivity index (χ0) is 23.5. The maximum absolute atomic E-state index is 13.6. The van der Waals surface area contributed by atoms with Crippen LogP contribution in [0.5, 0.6) is 5.75 Å². The first-order valence-corrected chi connectivity index (χ1v) is 10.9. The largest absolute Gasteiger partial charge is 0.495 e. The molecule has 2 N–H and O–H groups in total. The Kier molecular flexibility index (Phi) is 6.42. The van der Waals surface area contributed by atoms with E-state index in [1.165, 1.54) is 12.1 Å². The van der Waals surface area contributed by atoms with Crippen LogP contribution in [0.4, 0.5) is 15.8 Å². The molecule has 168 valence electrons. The summed E-state index contributed by atoms with van der Waals surface area (Å²) >= 11 is 5.70. The van der Waals surface area contributed by atoms with Crippen molar-refractivity contribution in [2.45, 2.75) is 19.9 Å². The summed E-state index contributed by atoms with van der Waals surface area (Å²) in [4.78, 5) is 15.5. The smallest absolute Gasteiger partial charge is 0.255 e. The molecular formula is C26H24FN3O2S. The number of hydrogen-bond donors (Lipinski definition) is 2. The number of methoxy groups -OCH3 is 1. The minimum Gasteiger partial charge on any atom is -0.495 e. The Morgan fingerprint density at radius 2 is 1.79 bits per heavy atom. The van der Waals surface area contributed by atoms with E-state index in [1.807, 2.05) is 55.1 Å². The molecule has 0 aliphatic carbocycles. The van der Waals surface area contributed by atoms with Gasteiger partial charge in [0, 0.05) is 11.4 Å². The second-order valence-corrected chi connectivity index (χ2v) is 8.15. The van der Waals surface area contributed by atoms with Crippen molar-refractivity contribution in [3.63, 3.8) is 0 Å². The third-order valence-electron chi connectivity index (χ3n) is 5.55. The molecule has 1 atom stereocenters. The number of allylic oxidation sites excluding steroid dienone is 1. The maximum atomic E-state index is 13.6. The number of thiocarbonyl (C=S) groups is 1. The molecule has 3 aromatic carbocycles. The highest BCUT2D eigenvalue weighted by Crippen LogP contribution is 2.35. The van der Waals surface area contributed by atoms with Crippen LogP contribution >= 0.6 is 12.2 Å². The van der Waals surface area contributed by atoms with E-state index in [4.69, 9.17) is 17.0 Å². The second-order valence-electron chi connectivity index (χ2n) is 7.76. The predicted molar refractivity (Wildman–Crippen MR) is 133 cm³/mol. The molecule has 1 aliphatic heterocycles. The lowest BCUT2D eigenvalue weighted by atomic mass is 9.94. The molecular weight excluding hydrogens is 437 g/mol. The van der Waals surface area contributed by atoms with E-state index in [0.717, 1.165) is 16.8 Å². The topological polar surface area (TPSA) is 53.6 Å². The summed E-state index contributed by atoms with van der Waals surface area (Å²) in [5.41, 5.74) is 4.37. The van der Waals surface area contributed by atoms with Crippen molar-refractivity contribution in [2.24, 2.45) is 0 Å². The molecule has 1 heterocycles. The molecule has 0 bridgehead atoms. The van der Waals surface area contributed by atoms with Crippen LogP contribution in [0.25, 0.3) is 0 Å². The van der Waals surface area contributed by atoms with Crippen molar-refractivity contribution < 1.29 is 13.9 Å². The highest BCUT2D eigenvalue weighted by molar-refractivity contribution is 7.80. The zero-order valence-corrected chi connectivity index (χ0v) is 19.4. The molecule has 0 aromatic heterocycles. The number of amides is 1. The number of anilines is 2. The van der Waals surface area contributed by atoms with Crippen LogP contribution in [0.3, 0.4) is 0 Å². The van der Waals surface area contributed by atoms with Gasteiger partial charge in [0.05, 0.1) is 24.4 Å². The van der Waals surface area contributed by atoms with Crippen molar-refractivity contribution in [1.82, 2.24) is 5.32 Å². The number of rotatable bonds is 5. The number of benzene rings is 3. The molecule has 1 amide bonds. The fourth-order valence-electron chi connectivity index (χ4n) is 3.96. The molecule has 0 saturated carbocycles. The Morgan fingerprint density at radius 3 is 2.48 bits per heavy atom. The Labute approximate surface area is 197 Å². The molecule has 0 fully saturated rings. The Morgan fingerprint density at radius 1 is 1.06 bits per heavy atom. The van der Waals surface area contributed by atoms with Crippen molar-refractivity contribution in [2.75, 3.05) is 17.3 Å². The fourth-order valence-corrected chi connectivity index (χ4v) is 4.32. The van der Waals surface area contributed by atoms with E-state index in [0.29, 0.717) is 27.8 Å². The maximum Gasteiger partial charge on any atom is 0.255 e. The van der Waals surface area contributed by atoms with Gasteiger partial charge in [0.25, 0.3) is 5.91 Å². The summed E-state index contributed by atoms with van der Waals surface area (Å²) in [5.74, 6) is -0.101. The number of halogens is 1. The van der Waals surface area contributed by atoms with E-state index < -0.39 is 6.04 Å². The zero-order valence-electron chi connectivity index (χ0n) is 18.6. The van der Waals surface area contributed by atoms with Gasteiger partial charge in [-0.1, -0.05) is 36.4 Å². The standard InChI is InChI=1S/C26H24FN3O2S/c1-16-7-6-8-20(15-16)30-17(2)23(25(31)28-21-9-4-5-10-22(21)32-3)24(29-26(30)33)18-11-13-19(27)14-12-18/h4-15,24H,1-3H3,(H,28,31)(H,29,33). The minimum absolute atomic E-state index is 0.307. The molecule has 33 heavy (non-hydrogen) atoms. The van der Waals surface area contributed by atoms with E-state index in [1.54, 1.807) is 31.4 Å². The summed E-state index contributed by atoms with van der Waals surface area (Å²) in [6, 6.07) is 20.6. The molecule has 5 nitrogen and oxygen atoms in total. The lowest BCUT2D eigenvalue weighted by Gasteiger charge is -2.38. The Hall–Kier alpha value is -3.71. The van der Waals surface area contributed by atoms with Gasteiger partial charge >= 0.3 is 0 Å². The third kappa shape index (κ3) is 4.59. The highest BCUT2D eigenvalue weighted by atomic mass is 32.1. The lowest BCUT2D eigenvalue weighted by molar-refractivity contribution is -0.113. The van der Waals surface area contributed by atoms with Crippen molar-refractivity contribution in [3.8, 4) is 5.75 Å². The molecule has 1 unspecified atom stereocenters. The summed E-state index contributed by atoms with van der Waals surface area (Å²) in [6.45, 7) is 3.86. The highest BCUT2D eigenvalue weighted by Gasteiger charge is 2.35. The number of hydrogen-bond acceptors (Lipinski definition) is 3. The van der Waals surface area contributed by atoms with Gasteiger partial charge < -0.3 is 15.4 Å². The quantitative estimate of drug-likeness (QED) is 0.492. The first kappa shape index (κ1) is 22.5. The van der Waals surface area contributed by atoms with Crippen LogP contribution in [0.15, 0.2) is 84.1 Å². The van der Waals surface area contributed by atoms with E-state index >= 15 is 0 Å². The van der Waals surface area contributed by atoms with Gasteiger partial charge in [0.2, 0.25) is 0 Å². The number of carbonyl (C=O) groups is 1. The fraction of sp³-hybridized carbons (Fsp3) is 0.154. The van der Waals surface area contributed by atoms with Gasteiger partial charge in [0.1, 0.15) is 11.6 Å². The Balaban J connectivity index is 1.82. The summed E-state index contributed by atoms with van der Waals surface area (Å²) in [5, 5.41) is 6.71. The van der Waals surface area contributed by atoms with Gasteiger partial charge in [-0.3, -0.25) is 9.69 Å². The number of nitrogens with one attached hydrogen (secondary N) is 2. The van der Waals surface area contributed by atoms with Gasteiger partial charge in [-0.2, -0.15) is 0 Å². The number of nitrogens with zero attached hydrogens (tertiary/aromatic N) is 1. The minimum atomic E-state index is -0.547. The number of ether oxygens (including phenoxy) is 1. The van der Waals surface area contributed by atoms with Gasteiger partial charge in [-0.25, -0.2) is 4.39 Å². The van der Waals surface area contributed by atoms with Crippen LogP contribution in [-0.4, -0.2) is 18.1 Å². The Bertz CT molecular complexity index is 1240. The van der Waals surface area contributed by atoms with Crippen LogP contribution in [-0.2, 0) is 4.79 Å². The van der Waals surface area contributed by atoms with Crippen LogP contribution in [0.1, 0.15) is 24.1 Å². The van der Waals surface area contributed by atoms with Crippen molar-refractivity contribution in [3.05, 3.63) is 101 Å². The van der Waals surface area contributed by atoms with Crippen LogP contribution in [0, 0.1) is 12.7 Å². The van der Waals surface area contributed by atoms with E-state index in [2.05, 4.69) is 10.6 Å². The first-order valence-electron chi connectivity index (χ1n) is 10.5. The molecule has 7 heteroatoms.